The summed E-state index contributed by atoms with van der Waals surface area (Å²) in [5, 5.41) is 16.3. The molecule has 3 atom stereocenters. The highest BCUT2D eigenvalue weighted by Crippen LogP contribution is 2.26. The van der Waals surface area contributed by atoms with Gasteiger partial charge in [-0.15, -0.1) is 0 Å². The zero-order valence-corrected chi connectivity index (χ0v) is 22.7. The first kappa shape index (κ1) is 28.4. The first-order chi connectivity index (χ1) is 17.7. The number of rotatable bonds is 7. The molecule has 3 aromatic rings. The highest BCUT2D eigenvalue weighted by atomic mass is 32.2. The fraction of sp³-hybridized carbons (Fsp3) is 0.310. The lowest BCUT2D eigenvalue weighted by Crippen LogP contribution is -2.46. The number of nitrogens with zero attached hydrogens (tertiary/aromatic N) is 1. The van der Waals surface area contributed by atoms with Crippen LogP contribution in [0.2, 0.25) is 0 Å². The number of ether oxygens (including phenoxy) is 1. The fourth-order valence-corrected chi connectivity index (χ4v) is 4.95. The molecule has 1 amide bonds. The zero-order chi connectivity index (χ0) is 26.9. The summed E-state index contributed by atoms with van der Waals surface area (Å²) in [6.45, 7) is 10.9. The van der Waals surface area contributed by atoms with E-state index in [0.29, 0.717) is 41.6 Å². The van der Waals surface area contributed by atoms with Gasteiger partial charge in [0, 0.05) is 46.5 Å². The largest absolute Gasteiger partial charge is 0.398 e. The molecule has 0 aliphatic carbocycles. The third-order valence-corrected chi connectivity index (χ3v) is 6.97. The van der Waals surface area contributed by atoms with Crippen molar-refractivity contribution in [3.8, 4) is 0 Å². The van der Waals surface area contributed by atoms with Crippen LogP contribution in [0, 0.1) is 12.3 Å². The highest BCUT2D eigenvalue weighted by Gasteiger charge is 2.26. The number of nitrogens with two attached hydrogens (primary N) is 2. The molecule has 3 aromatic carbocycles. The lowest BCUT2D eigenvalue weighted by molar-refractivity contribution is -0.105. The molecule has 0 saturated carbocycles. The van der Waals surface area contributed by atoms with Gasteiger partial charge < -0.3 is 15.8 Å². The number of aryl methyl sites for hydroxylation is 1. The van der Waals surface area contributed by atoms with Gasteiger partial charge in [0.05, 0.1) is 17.9 Å². The lowest BCUT2D eigenvalue weighted by atomic mass is 10.00. The van der Waals surface area contributed by atoms with Crippen molar-refractivity contribution in [3.05, 3.63) is 89.0 Å². The van der Waals surface area contributed by atoms with Crippen molar-refractivity contribution in [2.45, 2.75) is 50.8 Å². The predicted octanol–water partition coefficient (Wildman–Crippen LogP) is 5.38. The maximum absolute atomic E-state index is 10.5. The molecule has 1 saturated heterocycles. The molecule has 1 heterocycles. The number of nitrogen functional groups attached to an aromatic ring is 1. The summed E-state index contributed by atoms with van der Waals surface area (Å²) in [6, 6.07) is 21.5. The van der Waals surface area contributed by atoms with Gasteiger partial charge in [0.2, 0.25) is 6.41 Å². The monoisotopic (exact) mass is 519 g/mol. The van der Waals surface area contributed by atoms with Crippen molar-refractivity contribution in [1.29, 1.82) is 5.41 Å². The molecule has 37 heavy (non-hydrogen) atoms. The van der Waals surface area contributed by atoms with Crippen LogP contribution in [0.4, 0.5) is 11.4 Å². The van der Waals surface area contributed by atoms with Gasteiger partial charge in [0.15, 0.2) is 0 Å². The van der Waals surface area contributed by atoms with E-state index in [1.54, 1.807) is 18.2 Å². The summed E-state index contributed by atoms with van der Waals surface area (Å²) in [7, 11) is 0. The molecule has 0 radical (unpaired) electrons. The number of carbonyl (C=O) groups excluding carboxylic acids is 1. The van der Waals surface area contributed by atoms with Crippen molar-refractivity contribution in [2.75, 3.05) is 24.1 Å². The second-order valence-electron chi connectivity index (χ2n) is 9.33. The van der Waals surface area contributed by atoms with Crippen LogP contribution in [-0.4, -0.2) is 42.3 Å². The van der Waals surface area contributed by atoms with Gasteiger partial charge in [0.25, 0.3) is 0 Å². The minimum absolute atomic E-state index is 0.285. The maximum Gasteiger partial charge on any atom is 0.211 e. The Balaban J connectivity index is 0.000000208. The Morgan fingerprint density at radius 2 is 1.81 bits per heavy atom. The van der Waals surface area contributed by atoms with Gasteiger partial charge in [-0.2, -0.15) is 0 Å². The smallest absolute Gasteiger partial charge is 0.211 e. The molecule has 3 unspecified atom stereocenters. The van der Waals surface area contributed by atoms with Crippen molar-refractivity contribution < 1.29 is 9.53 Å². The minimum atomic E-state index is 0.285. The number of morpholine rings is 1. The van der Waals surface area contributed by atoms with E-state index in [4.69, 9.17) is 21.0 Å². The number of anilines is 2. The molecule has 1 aliphatic heterocycles. The van der Waals surface area contributed by atoms with E-state index in [1.165, 1.54) is 11.1 Å². The molecule has 6 N–H and O–H groups in total. The van der Waals surface area contributed by atoms with Crippen molar-refractivity contribution in [2.24, 2.45) is 5.14 Å². The molecular formula is C29H37N5O2S. The molecule has 1 fully saturated rings. The van der Waals surface area contributed by atoms with Crippen LogP contribution in [0.5, 0.6) is 0 Å². The molecule has 0 bridgehead atoms. The lowest BCUT2D eigenvalue weighted by Gasteiger charge is -2.39. The van der Waals surface area contributed by atoms with Crippen LogP contribution in [0.3, 0.4) is 0 Å². The van der Waals surface area contributed by atoms with E-state index >= 15 is 0 Å². The Kier molecular flexibility index (Phi) is 10.3. The molecule has 8 heteroatoms. The Labute approximate surface area is 224 Å². The van der Waals surface area contributed by atoms with Crippen LogP contribution in [0.1, 0.15) is 49.1 Å². The van der Waals surface area contributed by atoms with E-state index in [1.807, 2.05) is 24.3 Å². The van der Waals surface area contributed by atoms with Crippen molar-refractivity contribution in [3.63, 3.8) is 0 Å². The van der Waals surface area contributed by atoms with Crippen LogP contribution >= 0.6 is 11.9 Å². The van der Waals surface area contributed by atoms with Crippen LogP contribution in [-0.2, 0) is 9.53 Å². The summed E-state index contributed by atoms with van der Waals surface area (Å²) in [5.74, 6) is 0. The predicted molar refractivity (Wildman–Crippen MR) is 154 cm³/mol. The quantitative estimate of drug-likeness (QED) is 0.144. The summed E-state index contributed by atoms with van der Waals surface area (Å²) >= 11 is 1.12. The average molecular weight is 520 g/mol. The Morgan fingerprint density at radius 1 is 1.11 bits per heavy atom. The molecule has 0 aromatic heterocycles. The Bertz CT molecular complexity index is 1210. The second kappa shape index (κ2) is 13.4. The van der Waals surface area contributed by atoms with Crippen molar-refractivity contribution >= 4 is 35.4 Å². The van der Waals surface area contributed by atoms with Gasteiger partial charge in [-0.3, -0.25) is 20.2 Å². The Hall–Kier alpha value is -3.17. The number of hydrogen-bond donors (Lipinski definition) is 4. The van der Waals surface area contributed by atoms with E-state index in [-0.39, 0.29) is 5.71 Å². The highest BCUT2D eigenvalue weighted by molar-refractivity contribution is 7.97. The van der Waals surface area contributed by atoms with Gasteiger partial charge in [-0.05, 0) is 81.1 Å². The fourth-order valence-electron chi connectivity index (χ4n) is 4.60. The molecule has 196 valence electrons. The van der Waals surface area contributed by atoms with Gasteiger partial charge >= 0.3 is 0 Å². The van der Waals surface area contributed by atoms with Gasteiger partial charge in [0.1, 0.15) is 0 Å². The summed E-state index contributed by atoms with van der Waals surface area (Å²) < 4.78 is 5.79. The van der Waals surface area contributed by atoms with Gasteiger partial charge in [-0.1, -0.05) is 36.4 Å². The molecule has 1 aliphatic rings. The number of amides is 1. The van der Waals surface area contributed by atoms with Crippen LogP contribution < -0.4 is 16.2 Å². The second-order valence-corrected chi connectivity index (χ2v) is 10.0. The summed E-state index contributed by atoms with van der Waals surface area (Å²) in [4.78, 5) is 13.9. The Morgan fingerprint density at radius 3 is 2.46 bits per heavy atom. The normalized spacial score (nSPS) is 18.3. The maximum atomic E-state index is 10.5. The molecule has 0 spiro atoms. The molecular weight excluding hydrogens is 482 g/mol. The minimum Gasteiger partial charge on any atom is -0.398 e. The van der Waals surface area contributed by atoms with E-state index in [2.05, 4.69) is 62.2 Å². The van der Waals surface area contributed by atoms with Crippen LogP contribution in [0.25, 0.3) is 0 Å². The number of benzene rings is 3. The average Bonchev–Trinajstić information content (AvgIpc) is 2.89. The number of nitrogens with one attached hydrogen (secondary N) is 2. The van der Waals surface area contributed by atoms with E-state index < -0.39 is 0 Å². The molecule has 7 nitrogen and oxygen atoms in total. The van der Waals surface area contributed by atoms with Crippen molar-refractivity contribution in [1.82, 2.24) is 4.90 Å². The van der Waals surface area contributed by atoms with Crippen LogP contribution in [0.15, 0.2) is 71.6 Å². The first-order valence-electron chi connectivity index (χ1n) is 12.3. The number of hydrogen-bond acceptors (Lipinski definition) is 7. The third kappa shape index (κ3) is 7.66. The van der Waals surface area contributed by atoms with E-state index in [9.17, 15) is 4.79 Å². The topological polar surface area (TPSA) is 117 Å². The van der Waals surface area contributed by atoms with E-state index in [0.717, 1.165) is 35.5 Å². The SMILES string of the molecule is Cc1ccccc1C(C)N1CC(C)OC(C)C1.N=C(c1cccc(SN)c1)c1cc(NC=O)ccc1N. The number of carbonyl (C=O) groups is 1. The summed E-state index contributed by atoms with van der Waals surface area (Å²) in [6.07, 6.45) is 1.26. The molecule has 4 rings (SSSR count). The third-order valence-electron chi connectivity index (χ3n) is 6.44. The first-order valence-corrected chi connectivity index (χ1v) is 13.2. The standard InChI is InChI=1S/C15H23NO.C14H14N4OS/c1-11-7-5-6-8-15(11)14(4)16-9-12(2)17-13(3)10-16;15-13-5-4-10(18-8-19)7-12(13)14(16)9-2-1-3-11(6-9)20-17/h5-8,12-14H,9-10H2,1-4H3;1-8,16H,15,17H2,(H,18,19). The zero-order valence-electron chi connectivity index (χ0n) is 21.9. The summed E-state index contributed by atoms with van der Waals surface area (Å²) in [5.41, 5.74) is 11.4. The van der Waals surface area contributed by atoms with Gasteiger partial charge in [-0.25, -0.2) is 0 Å².